The van der Waals surface area contributed by atoms with Gasteiger partial charge in [0, 0.05) is 0 Å². The Labute approximate surface area is 105 Å². The molecule has 4 heteroatoms. The molecule has 0 aliphatic rings. The maximum atomic E-state index is 4.39. The van der Waals surface area contributed by atoms with E-state index < -0.39 is 0 Å². The van der Waals surface area contributed by atoms with Crippen molar-refractivity contribution in [3.8, 4) is 0 Å². The highest BCUT2D eigenvalue weighted by molar-refractivity contribution is 5.72. The summed E-state index contributed by atoms with van der Waals surface area (Å²) in [4.78, 5) is 15.3. The van der Waals surface area contributed by atoms with Gasteiger partial charge in [0.15, 0.2) is 11.0 Å². The van der Waals surface area contributed by atoms with E-state index in [4.69, 9.17) is 0 Å². The summed E-state index contributed by atoms with van der Waals surface area (Å²) in [6, 6.07) is 7.95. The molecule has 1 heterocycles. The molecule has 0 aliphatic heterocycles. The van der Waals surface area contributed by atoms with E-state index in [1.807, 2.05) is 24.3 Å². The minimum absolute atomic E-state index is 0.555. The highest BCUT2D eigenvalue weighted by atomic mass is 14.9. The lowest BCUT2D eigenvalue weighted by atomic mass is 10.3. The van der Waals surface area contributed by atoms with E-state index >= 15 is 0 Å². The number of benzene rings is 1. The predicted molar refractivity (Wildman–Crippen MR) is 73.9 cm³/mol. The molecule has 4 nitrogen and oxygen atoms in total. The second-order valence-electron chi connectivity index (χ2n) is 3.75. The summed E-state index contributed by atoms with van der Waals surface area (Å²) < 4.78 is 0. The molecule has 0 aliphatic carbocycles. The van der Waals surface area contributed by atoms with E-state index in [0.29, 0.717) is 13.1 Å². The molecule has 0 radical (unpaired) electrons. The maximum Gasteiger partial charge on any atom is 0.169 e. The van der Waals surface area contributed by atoms with Gasteiger partial charge in [0.2, 0.25) is 0 Å². The number of hydrogen-bond acceptors (Lipinski definition) is 2. The fourth-order valence-electron chi connectivity index (χ4n) is 1.62. The summed E-state index contributed by atoms with van der Waals surface area (Å²) in [6.45, 7) is 8.44. The highest BCUT2D eigenvalue weighted by Gasteiger charge is 1.94. The number of nitrogens with one attached hydrogen (secondary N) is 2. The van der Waals surface area contributed by atoms with Crippen molar-refractivity contribution in [2.45, 2.75) is 0 Å². The average Bonchev–Trinajstić information content (AvgIpc) is 2.42. The van der Waals surface area contributed by atoms with Crippen molar-refractivity contribution in [2.75, 3.05) is 13.1 Å². The first-order chi connectivity index (χ1) is 8.85. The van der Waals surface area contributed by atoms with Gasteiger partial charge in [0.05, 0.1) is 24.1 Å². The third kappa shape index (κ3) is 2.66. The topological polar surface area (TPSA) is 56.3 Å². The second-order valence-corrected chi connectivity index (χ2v) is 3.75. The molecule has 0 saturated heterocycles. The Bertz CT molecular complexity index is 628. The van der Waals surface area contributed by atoms with Crippen LogP contribution in [0.15, 0.2) is 59.6 Å². The van der Waals surface area contributed by atoms with Gasteiger partial charge < -0.3 is 9.97 Å². The average molecular weight is 240 g/mol. The molecule has 1 aromatic carbocycles. The normalized spacial score (nSPS) is 12.9. The van der Waals surface area contributed by atoms with Crippen molar-refractivity contribution in [2.24, 2.45) is 9.98 Å². The Morgan fingerprint density at radius 2 is 1.33 bits per heavy atom. The zero-order valence-corrected chi connectivity index (χ0v) is 10.2. The SMILES string of the molecule is C=CCN=c1[nH]c2ccccc2[nH]c1=NCC=C. The van der Waals surface area contributed by atoms with Gasteiger partial charge in [0.25, 0.3) is 0 Å². The van der Waals surface area contributed by atoms with E-state index in [-0.39, 0.29) is 0 Å². The number of nitrogens with zero attached hydrogens (tertiary/aromatic N) is 2. The van der Waals surface area contributed by atoms with Crippen LogP contribution in [-0.4, -0.2) is 23.1 Å². The van der Waals surface area contributed by atoms with Crippen LogP contribution in [0.3, 0.4) is 0 Å². The van der Waals surface area contributed by atoms with Crippen LogP contribution >= 0.6 is 0 Å². The van der Waals surface area contributed by atoms with Crippen molar-refractivity contribution in [1.29, 1.82) is 0 Å². The number of rotatable bonds is 4. The van der Waals surface area contributed by atoms with Crippen LogP contribution in [0, 0.1) is 0 Å². The number of para-hydroxylation sites is 2. The molecule has 18 heavy (non-hydrogen) atoms. The number of H-pyrrole nitrogens is 2. The summed E-state index contributed by atoms with van der Waals surface area (Å²) >= 11 is 0. The van der Waals surface area contributed by atoms with Crippen molar-refractivity contribution < 1.29 is 0 Å². The smallest absolute Gasteiger partial charge is 0.169 e. The van der Waals surface area contributed by atoms with Gasteiger partial charge in [0.1, 0.15) is 0 Å². The zero-order valence-electron chi connectivity index (χ0n) is 10.2. The van der Waals surface area contributed by atoms with E-state index in [9.17, 15) is 0 Å². The number of hydrogen-bond donors (Lipinski definition) is 2. The minimum Gasteiger partial charge on any atom is -0.336 e. The molecule has 0 spiro atoms. The summed E-state index contributed by atoms with van der Waals surface area (Å²) in [5, 5.41) is 0. The molecule has 2 rings (SSSR count). The van der Waals surface area contributed by atoms with Crippen molar-refractivity contribution in [3.63, 3.8) is 0 Å². The molecule has 0 bridgehead atoms. The first-order valence-corrected chi connectivity index (χ1v) is 5.79. The predicted octanol–water partition coefficient (Wildman–Crippen LogP) is 1.67. The van der Waals surface area contributed by atoms with Gasteiger partial charge >= 0.3 is 0 Å². The van der Waals surface area contributed by atoms with Crippen molar-refractivity contribution >= 4 is 11.0 Å². The largest absolute Gasteiger partial charge is 0.336 e. The van der Waals surface area contributed by atoms with Crippen LogP contribution in [0.25, 0.3) is 11.0 Å². The van der Waals surface area contributed by atoms with Crippen LogP contribution in [-0.2, 0) is 0 Å². The number of aromatic amines is 2. The molecule has 2 N–H and O–H groups in total. The number of fused-ring (bicyclic) bond motifs is 1. The first kappa shape index (κ1) is 12.1. The van der Waals surface area contributed by atoms with Crippen LogP contribution in [0.2, 0.25) is 0 Å². The van der Waals surface area contributed by atoms with Gasteiger partial charge in [-0.15, -0.1) is 13.2 Å². The summed E-state index contributed by atoms with van der Waals surface area (Å²) in [6.07, 6.45) is 3.50. The van der Waals surface area contributed by atoms with E-state index in [2.05, 4.69) is 33.1 Å². The molecular formula is C14H16N4. The zero-order chi connectivity index (χ0) is 12.8. The molecule has 0 amide bonds. The van der Waals surface area contributed by atoms with Gasteiger partial charge in [-0.3, -0.25) is 9.98 Å². The van der Waals surface area contributed by atoms with Gasteiger partial charge in [-0.2, -0.15) is 0 Å². The minimum atomic E-state index is 0.555. The maximum absolute atomic E-state index is 4.39. The molecule has 0 atom stereocenters. The molecule has 1 aromatic heterocycles. The van der Waals surface area contributed by atoms with Crippen molar-refractivity contribution in [3.05, 3.63) is 60.6 Å². The quantitative estimate of drug-likeness (QED) is 0.764. The lowest BCUT2D eigenvalue weighted by Crippen LogP contribution is -2.32. The van der Waals surface area contributed by atoms with Gasteiger partial charge in [-0.05, 0) is 12.1 Å². The highest BCUT2D eigenvalue weighted by Crippen LogP contribution is 2.02. The molecular weight excluding hydrogens is 224 g/mol. The Kier molecular flexibility index (Phi) is 3.91. The monoisotopic (exact) mass is 240 g/mol. The Morgan fingerprint density at radius 3 is 1.72 bits per heavy atom. The van der Waals surface area contributed by atoms with E-state index in [1.165, 1.54) is 0 Å². The van der Waals surface area contributed by atoms with E-state index in [1.54, 1.807) is 12.2 Å². The number of aromatic nitrogens is 2. The van der Waals surface area contributed by atoms with Crippen LogP contribution in [0.1, 0.15) is 0 Å². The third-order valence-electron chi connectivity index (χ3n) is 2.41. The van der Waals surface area contributed by atoms with E-state index in [0.717, 1.165) is 22.0 Å². The lowest BCUT2D eigenvalue weighted by Gasteiger charge is -1.99. The molecule has 92 valence electrons. The second kappa shape index (κ2) is 5.82. The summed E-state index contributed by atoms with van der Waals surface area (Å²) in [5.74, 6) is 0. The summed E-state index contributed by atoms with van der Waals surface area (Å²) in [5.41, 5.74) is 3.46. The first-order valence-electron chi connectivity index (χ1n) is 5.79. The van der Waals surface area contributed by atoms with Crippen LogP contribution in [0.4, 0.5) is 0 Å². The molecule has 0 fully saturated rings. The third-order valence-corrected chi connectivity index (χ3v) is 2.41. The Balaban J connectivity index is 2.71. The molecule has 0 saturated carbocycles. The lowest BCUT2D eigenvalue weighted by molar-refractivity contribution is 0.953. The van der Waals surface area contributed by atoms with Crippen molar-refractivity contribution in [1.82, 2.24) is 9.97 Å². The fraction of sp³-hybridized carbons (Fsp3) is 0.143. The van der Waals surface area contributed by atoms with Gasteiger partial charge in [-0.1, -0.05) is 24.3 Å². The fourth-order valence-corrected chi connectivity index (χ4v) is 1.62. The van der Waals surface area contributed by atoms with Gasteiger partial charge in [-0.25, -0.2) is 0 Å². The summed E-state index contributed by atoms with van der Waals surface area (Å²) in [7, 11) is 0. The Hall–Kier alpha value is -2.36. The molecule has 2 aromatic rings. The van der Waals surface area contributed by atoms with Crippen LogP contribution in [0.5, 0.6) is 0 Å². The Morgan fingerprint density at radius 1 is 0.889 bits per heavy atom. The van der Waals surface area contributed by atoms with Crippen LogP contribution < -0.4 is 11.0 Å². The standard InChI is InChI=1S/C14H16N4/c1-3-9-15-13-14(16-10-4-2)18-12-8-6-5-7-11(12)17-13/h3-8H,1-2,9-10H2,(H,15,17)(H,16,18). The molecule has 0 unspecified atom stereocenters.